The van der Waals surface area contributed by atoms with E-state index in [1.54, 1.807) is 7.11 Å². The van der Waals surface area contributed by atoms with Crippen LogP contribution >= 0.6 is 0 Å². The standard InChI is InChI=1S/C15H27N3O2/c1-5-7-14(20-6-2)15-17-12(3)10-13(18-15)11-16-8-9-19-4/h10,14,16H,5-9,11H2,1-4H3. The Morgan fingerprint density at radius 1 is 1.30 bits per heavy atom. The normalized spacial score (nSPS) is 12.6. The Morgan fingerprint density at radius 2 is 2.10 bits per heavy atom. The molecule has 0 saturated carbocycles. The van der Waals surface area contributed by atoms with Gasteiger partial charge >= 0.3 is 0 Å². The maximum atomic E-state index is 5.76. The van der Waals surface area contributed by atoms with Crippen molar-refractivity contribution in [2.24, 2.45) is 0 Å². The lowest BCUT2D eigenvalue weighted by Gasteiger charge is -2.16. The maximum absolute atomic E-state index is 5.76. The van der Waals surface area contributed by atoms with Crippen LogP contribution in [-0.4, -0.2) is 36.8 Å². The third-order valence-electron chi connectivity index (χ3n) is 2.92. The number of aromatic nitrogens is 2. The molecule has 20 heavy (non-hydrogen) atoms. The van der Waals surface area contributed by atoms with Gasteiger partial charge < -0.3 is 14.8 Å². The molecule has 1 atom stereocenters. The van der Waals surface area contributed by atoms with Crippen LogP contribution in [-0.2, 0) is 16.0 Å². The molecule has 1 heterocycles. The summed E-state index contributed by atoms with van der Waals surface area (Å²) < 4.78 is 10.8. The maximum Gasteiger partial charge on any atom is 0.157 e. The van der Waals surface area contributed by atoms with Crippen molar-refractivity contribution in [3.8, 4) is 0 Å². The summed E-state index contributed by atoms with van der Waals surface area (Å²) in [6.07, 6.45) is 2.01. The highest BCUT2D eigenvalue weighted by Crippen LogP contribution is 2.20. The van der Waals surface area contributed by atoms with Crippen LogP contribution < -0.4 is 5.32 Å². The second-order valence-electron chi connectivity index (χ2n) is 4.76. The molecule has 0 amide bonds. The fourth-order valence-electron chi connectivity index (χ4n) is 2.03. The average molecular weight is 281 g/mol. The number of rotatable bonds is 10. The van der Waals surface area contributed by atoms with Gasteiger partial charge in [-0.2, -0.15) is 0 Å². The van der Waals surface area contributed by atoms with E-state index in [-0.39, 0.29) is 6.10 Å². The molecule has 0 aliphatic carbocycles. The van der Waals surface area contributed by atoms with Crippen molar-refractivity contribution in [1.29, 1.82) is 0 Å². The fraction of sp³-hybridized carbons (Fsp3) is 0.733. The molecule has 1 aromatic rings. The molecule has 0 spiro atoms. The van der Waals surface area contributed by atoms with Crippen LogP contribution in [0.2, 0.25) is 0 Å². The first-order chi connectivity index (χ1) is 9.71. The van der Waals surface area contributed by atoms with Gasteiger partial charge in [0.25, 0.3) is 0 Å². The Bertz CT molecular complexity index is 379. The monoisotopic (exact) mass is 281 g/mol. The minimum absolute atomic E-state index is 0.00243. The number of nitrogens with one attached hydrogen (secondary N) is 1. The Kier molecular flexibility index (Phi) is 8.34. The van der Waals surface area contributed by atoms with Crippen LogP contribution in [0, 0.1) is 6.92 Å². The van der Waals surface area contributed by atoms with Gasteiger partial charge in [-0.15, -0.1) is 0 Å². The zero-order chi connectivity index (χ0) is 14.8. The zero-order valence-electron chi connectivity index (χ0n) is 13.1. The summed E-state index contributed by atoms with van der Waals surface area (Å²) in [5.41, 5.74) is 1.99. The van der Waals surface area contributed by atoms with E-state index in [4.69, 9.17) is 9.47 Å². The zero-order valence-corrected chi connectivity index (χ0v) is 13.1. The lowest BCUT2D eigenvalue weighted by Crippen LogP contribution is -2.20. The fourth-order valence-corrected chi connectivity index (χ4v) is 2.03. The minimum Gasteiger partial charge on any atom is -0.383 e. The molecule has 5 nitrogen and oxygen atoms in total. The third kappa shape index (κ3) is 5.94. The lowest BCUT2D eigenvalue weighted by atomic mass is 10.2. The van der Waals surface area contributed by atoms with Gasteiger partial charge in [0.15, 0.2) is 5.82 Å². The average Bonchev–Trinajstić information content (AvgIpc) is 2.43. The molecular weight excluding hydrogens is 254 g/mol. The molecular formula is C15H27N3O2. The lowest BCUT2D eigenvalue weighted by molar-refractivity contribution is 0.0491. The van der Waals surface area contributed by atoms with Gasteiger partial charge in [-0.3, -0.25) is 0 Å². The molecule has 114 valence electrons. The highest BCUT2D eigenvalue weighted by Gasteiger charge is 2.15. The van der Waals surface area contributed by atoms with Gasteiger partial charge in [0.05, 0.1) is 12.3 Å². The Labute approximate surface area is 122 Å². The number of ether oxygens (including phenoxy) is 2. The van der Waals surface area contributed by atoms with Crippen LogP contribution in [0.3, 0.4) is 0 Å². The van der Waals surface area contributed by atoms with Crippen molar-refractivity contribution in [3.05, 3.63) is 23.3 Å². The number of nitrogens with zero attached hydrogens (tertiary/aromatic N) is 2. The van der Waals surface area contributed by atoms with E-state index >= 15 is 0 Å². The molecule has 1 unspecified atom stereocenters. The third-order valence-corrected chi connectivity index (χ3v) is 2.92. The number of methoxy groups -OCH3 is 1. The van der Waals surface area contributed by atoms with E-state index in [2.05, 4.69) is 22.2 Å². The topological polar surface area (TPSA) is 56.3 Å². The Morgan fingerprint density at radius 3 is 2.75 bits per heavy atom. The van der Waals surface area contributed by atoms with Crippen molar-refractivity contribution in [1.82, 2.24) is 15.3 Å². The number of hydrogen-bond donors (Lipinski definition) is 1. The number of aryl methyl sites for hydroxylation is 1. The summed E-state index contributed by atoms with van der Waals surface area (Å²) in [5.74, 6) is 0.803. The molecule has 0 bridgehead atoms. The summed E-state index contributed by atoms with van der Waals surface area (Å²) in [6, 6.07) is 2.01. The summed E-state index contributed by atoms with van der Waals surface area (Å²) in [4.78, 5) is 9.16. The summed E-state index contributed by atoms with van der Waals surface area (Å²) in [6.45, 7) is 9.08. The minimum atomic E-state index is 0.00243. The first-order valence-electron chi connectivity index (χ1n) is 7.36. The van der Waals surface area contributed by atoms with Crippen molar-refractivity contribution in [2.45, 2.75) is 46.3 Å². The van der Waals surface area contributed by atoms with Gasteiger partial charge in [0.1, 0.15) is 6.10 Å². The van der Waals surface area contributed by atoms with E-state index in [9.17, 15) is 0 Å². The van der Waals surface area contributed by atoms with E-state index in [0.717, 1.165) is 43.1 Å². The molecule has 1 aromatic heterocycles. The molecule has 0 saturated heterocycles. The first kappa shape index (κ1) is 17.0. The van der Waals surface area contributed by atoms with Crippen molar-refractivity contribution in [3.63, 3.8) is 0 Å². The smallest absolute Gasteiger partial charge is 0.157 e. The second-order valence-corrected chi connectivity index (χ2v) is 4.76. The molecule has 5 heteroatoms. The summed E-state index contributed by atoms with van der Waals surface area (Å²) in [5, 5.41) is 3.30. The van der Waals surface area contributed by atoms with Gasteiger partial charge in [0, 0.05) is 32.5 Å². The first-order valence-corrected chi connectivity index (χ1v) is 7.36. The second kappa shape index (κ2) is 9.80. The summed E-state index contributed by atoms with van der Waals surface area (Å²) >= 11 is 0. The molecule has 0 aliphatic rings. The predicted octanol–water partition coefficient (Wildman–Crippen LogP) is 2.40. The van der Waals surface area contributed by atoms with Gasteiger partial charge in [-0.25, -0.2) is 9.97 Å². The van der Waals surface area contributed by atoms with E-state index < -0.39 is 0 Å². The van der Waals surface area contributed by atoms with Gasteiger partial charge in [-0.05, 0) is 26.3 Å². The molecule has 1 N–H and O–H groups in total. The SMILES string of the molecule is CCCC(OCC)c1nc(C)cc(CNCCOC)n1. The van der Waals surface area contributed by atoms with Gasteiger partial charge in [0.2, 0.25) is 0 Å². The van der Waals surface area contributed by atoms with E-state index in [1.807, 2.05) is 19.9 Å². The van der Waals surface area contributed by atoms with E-state index in [1.165, 1.54) is 0 Å². The highest BCUT2D eigenvalue weighted by molar-refractivity contribution is 5.11. The van der Waals surface area contributed by atoms with Crippen LogP contribution in [0.5, 0.6) is 0 Å². The largest absolute Gasteiger partial charge is 0.383 e. The molecule has 0 aromatic carbocycles. The van der Waals surface area contributed by atoms with Crippen molar-refractivity contribution < 1.29 is 9.47 Å². The van der Waals surface area contributed by atoms with E-state index in [0.29, 0.717) is 13.2 Å². The molecule has 0 aliphatic heterocycles. The van der Waals surface area contributed by atoms with Crippen LogP contribution in [0.25, 0.3) is 0 Å². The highest BCUT2D eigenvalue weighted by atomic mass is 16.5. The van der Waals surface area contributed by atoms with Crippen LogP contribution in [0.4, 0.5) is 0 Å². The van der Waals surface area contributed by atoms with Crippen molar-refractivity contribution in [2.75, 3.05) is 26.9 Å². The van der Waals surface area contributed by atoms with Crippen molar-refractivity contribution >= 4 is 0 Å². The molecule has 0 fully saturated rings. The summed E-state index contributed by atoms with van der Waals surface area (Å²) in [7, 11) is 1.70. The quantitative estimate of drug-likeness (QED) is 0.667. The van der Waals surface area contributed by atoms with Crippen LogP contribution in [0.1, 0.15) is 50.0 Å². The predicted molar refractivity (Wildman–Crippen MR) is 79.6 cm³/mol. The Balaban J connectivity index is 2.72. The van der Waals surface area contributed by atoms with Gasteiger partial charge in [-0.1, -0.05) is 13.3 Å². The number of hydrogen-bond acceptors (Lipinski definition) is 5. The molecule has 0 radical (unpaired) electrons. The molecule has 1 rings (SSSR count). The van der Waals surface area contributed by atoms with Crippen LogP contribution in [0.15, 0.2) is 6.07 Å². The Hall–Kier alpha value is -1.04.